The summed E-state index contributed by atoms with van der Waals surface area (Å²) in [6.07, 6.45) is -3.89. The lowest BCUT2D eigenvalue weighted by Gasteiger charge is -2.28. The molecule has 1 N–H and O–H groups in total. The second-order valence-corrected chi connectivity index (χ2v) is 7.87. The summed E-state index contributed by atoms with van der Waals surface area (Å²) in [6.45, 7) is 1.54. The summed E-state index contributed by atoms with van der Waals surface area (Å²) in [6, 6.07) is 8.28. The van der Waals surface area contributed by atoms with Crippen molar-refractivity contribution < 1.29 is 27.4 Å². The largest absolute Gasteiger partial charge is 0.493 e. The lowest BCUT2D eigenvalue weighted by molar-refractivity contribution is -0.137. The second kappa shape index (κ2) is 9.38. The van der Waals surface area contributed by atoms with Gasteiger partial charge in [0.05, 0.1) is 38.2 Å². The van der Waals surface area contributed by atoms with Crippen LogP contribution in [0.1, 0.15) is 22.4 Å². The Hall–Kier alpha value is -3.53. The number of aromatic nitrogens is 2. The van der Waals surface area contributed by atoms with E-state index in [0.29, 0.717) is 60.1 Å². The van der Waals surface area contributed by atoms with Crippen molar-refractivity contribution in [3.05, 3.63) is 69.1 Å². The van der Waals surface area contributed by atoms with Crippen molar-refractivity contribution in [3.8, 4) is 28.6 Å². The third kappa shape index (κ3) is 4.58. The Morgan fingerprint density at radius 1 is 1.00 bits per heavy atom. The molecule has 0 unspecified atom stereocenters. The van der Waals surface area contributed by atoms with E-state index in [1.54, 1.807) is 27.4 Å². The zero-order valence-electron chi connectivity index (χ0n) is 19.0. The van der Waals surface area contributed by atoms with Crippen molar-refractivity contribution >= 4 is 0 Å². The van der Waals surface area contributed by atoms with E-state index in [4.69, 9.17) is 14.2 Å². The Balaban J connectivity index is 1.57. The van der Waals surface area contributed by atoms with Gasteiger partial charge in [0.2, 0.25) is 5.75 Å². The van der Waals surface area contributed by atoms with Gasteiger partial charge in [-0.1, -0.05) is 18.2 Å². The molecule has 0 atom stereocenters. The molecule has 10 heteroatoms. The average molecular weight is 475 g/mol. The summed E-state index contributed by atoms with van der Waals surface area (Å²) in [5.41, 5.74) is 1.44. The number of halogens is 3. The molecule has 1 aliphatic rings. The van der Waals surface area contributed by atoms with Crippen molar-refractivity contribution in [1.82, 2.24) is 14.9 Å². The molecule has 0 spiro atoms. The van der Waals surface area contributed by atoms with Crippen LogP contribution in [0.2, 0.25) is 0 Å². The molecule has 2 heterocycles. The minimum Gasteiger partial charge on any atom is -0.493 e. The van der Waals surface area contributed by atoms with Crippen LogP contribution in [0.5, 0.6) is 17.2 Å². The maximum absolute atomic E-state index is 12.8. The predicted octanol–water partition coefficient (Wildman–Crippen LogP) is 4.04. The molecule has 180 valence electrons. The third-order valence-electron chi connectivity index (χ3n) is 5.81. The monoisotopic (exact) mass is 475 g/mol. The molecule has 34 heavy (non-hydrogen) atoms. The molecule has 0 bridgehead atoms. The Morgan fingerprint density at radius 3 is 2.32 bits per heavy atom. The van der Waals surface area contributed by atoms with E-state index in [0.717, 1.165) is 17.7 Å². The molecule has 0 saturated heterocycles. The molecule has 4 rings (SSSR count). The first-order valence-electron chi connectivity index (χ1n) is 10.5. The van der Waals surface area contributed by atoms with E-state index < -0.39 is 11.7 Å². The van der Waals surface area contributed by atoms with Crippen LogP contribution in [0.4, 0.5) is 13.2 Å². The molecule has 0 amide bonds. The predicted molar refractivity (Wildman–Crippen MR) is 119 cm³/mol. The van der Waals surface area contributed by atoms with Crippen molar-refractivity contribution in [3.63, 3.8) is 0 Å². The van der Waals surface area contributed by atoms with Gasteiger partial charge in [-0.3, -0.25) is 9.69 Å². The SMILES string of the molecule is COc1ccc(CN2CCc3nc(-c4ccc(C(F)(F)F)cc4)[nH]c(=O)c3C2)c(OC)c1OC. The Labute approximate surface area is 194 Å². The Morgan fingerprint density at radius 2 is 1.71 bits per heavy atom. The fraction of sp³-hybridized carbons (Fsp3) is 0.333. The van der Waals surface area contributed by atoms with Crippen LogP contribution in [0, 0.1) is 0 Å². The van der Waals surface area contributed by atoms with Gasteiger partial charge in [0.1, 0.15) is 5.82 Å². The Bertz CT molecular complexity index is 1240. The quantitative estimate of drug-likeness (QED) is 0.580. The van der Waals surface area contributed by atoms with Gasteiger partial charge < -0.3 is 19.2 Å². The number of fused-ring (bicyclic) bond motifs is 1. The topological polar surface area (TPSA) is 76.7 Å². The summed E-state index contributed by atoms with van der Waals surface area (Å²) < 4.78 is 54.8. The van der Waals surface area contributed by atoms with E-state index in [1.165, 1.54) is 12.1 Å². The minimum absolute atomic E-state index is 0.257. The highest BCUT2D eigenvalue weighted by atomic mass is 19.4. The third-order valence-corrected chi connectivity index (χ3v) is 5.81. The molecule has 0 radical (unpaired) electrons. The first-order chi connectivity index (χ1) is 16.2. The molecule has 7 nitrogen and oxygen atoms in total. The number of nitrogens with one attached hydrogen (secondary N) is 1. The van der Waals surface area contributed by atoms with Crippen molar-refractivity contribution in [1.29, 1.82) is 0 Å². The van der Waals surface area contributed by atoms with Crippen LogP contribution in [0.25, 0.3) is 11.4 Å². The number of H-pyrrole nitrogens is 1. The van der Waals surface area contributed by atoms with Crippen LogP contribution in [-0.2, 0) is 25.7 Å². The number of methoxy groups -OCH3 is 3. The van der Waals surface area contributed by atoms with Crippen LogP contribution in [-0.4, -0.2) is 42.7 Å². The number of benzene rings is 2. The standard InChI is InChI=1S/C24H24F3N3O4/c1-32-19-9-6-15(20(33-2)21(19)34-3)12-30-11-10-18-17(13-30)23(31)29-22(28-18)14-4-7-16(8-5-14)24(25,26)27/h4-9H,10-13H2,1-3H3,(H,28,29,31). The minimum atomic E-state index is -4.42. The molecule has 0 aliphatic carbocycles. The number of ether oxygens (including phenoxy) is 3. The van der Waals surface area contributed by atoms with E-state index in [9.17, 15) is 18.0 Å². The summed E-state index contributed by atoms with van der Waals surface area (Å²) in [7, 11) is 4.65. The summed E-state index contributed by atoms with van der Waals surface area (Å²) in [5.74, 6) is 1.88. The molecular formula is C24H24F3N3O4. The van der Waals surface area contributed by atoms with E-state index in [1.807, 2.05) is 6.07 Å². The van der Waals surface area contributed by atoms with E-state index in [-0.39, 0.29) is 11.4 Å². The highest BCUT2D eigenvalue weighted by Gasteiger charge is 2.30. The van der Waals surface area contributed by atoms with Crippen LogP contribution in [0.15, 0.2) is 41.2 Å². The van der Waals surface area contributed by atoms with Gasteiger partial charge in [-0.2, -0.15) is 13.2 Å². The molecule has 2 aromatic carbocycles. The van der Waals surface area contributed by atoms with Gasteiger partial charge in [-0.05, 0) is 18.2 Å². The van der Waals surface area contributed by atoms with Crippen molar-refractivity contribution in [2.75, 3.05) is 27.9 Å². The molecule has 1 aliphatic heterocycles. The van der Waals surface area contributed by atoms with Crippen LogP contribution in [0.3, 0.4) is 0 Å². The molecule has 0 fully saturated rings. The Kier molecular flexibility index (Phi) is 6.52. The van der Waals surface area contributed by atoms with Gasteiger partial charge in [0.15, 0.2) is 11.5 Å². The number of rotatable bonds is 6. The highest BCUT2D eigenvalue weighted by molar-refractivity contribution is 5.57. The van der Waals surface area contributed by atoms with Crippen LogP contribution >= 0.6 is 0 Å². The van der Waals surface area contributed by atoms with E-state index in [2.05, 4.69) is 14.9 Å². The number of hydrogen-bond donors (Lipinski definition) is 1. The summed E-state index contributed by atoms with van der Waals surface area (Å²) in [4.78, 5) is 22.2. The maximum Gasteiger partial charge on any atom is 0.416 e. The summed E-state index contributed by atoms with van der Waals surface area (Å²) >= 11 is 0. The van der Waals surface area contributed by atoms with E-state index >= 15 is 0 Å². The lowest BCUT2D eigenvalue weighted by Crippen LogP contribution is -2.35. The summed E-state index contributed by atoms with van der Waals surface area (Å²) in [5, 5.41) is 0. The van der Waals surface area contributed by atoms with Crippen LogP contribution < -0.4 is 19.8 Å². The smallest absolute Gasteiger partial charge is 0.416 e. The number of nitrogens with zero attached hydrogens (tertiary/aromatic N) is 2. The van der Waals surface area contributed by atoms with Gasteiger partial charge >= 0.3 is 6.18 Å². The van der Waals surface area contributed by atoms with Gasteiger partial charge in [-0.25, -0.2) is 4.98 Å². The average Bonchev–Trinajstić information content (AvgIpc) is 2.83. The zero-order chi connectivity index (χ0) is 24.5. The lowest BCUT2D eigenvalue weighted by atomic mass is 10.0. The first kappa shape index (κ1) is 23.6. The number of aromatic amines is 1. The molecule has 1 aromatic heterocycles. The van der Waals surface area contributed by atoms with Gasteiger partial charge in [-0.15, -0.1) is 0 Å². The molecule has 0 saturated carbocycles. The van der Waals surface area contributed by atoms with Crippen molar-refractivity contribution in [2.24, 2.45) is 0 Å². The fourth-order valence-corrected chi connectivity index (χ4v) is 4.10. The number of alkyl halides is 3. The fourth-order valence-electron chi connectivity index (χ4n) is 4.10. The maximum atomic E-state index is 12.8. The van der Waals surface area contributed by atoms with Gasteiger partial charge in [0, 0.05) is 37.2 Å². The number of hydrogen-bond acceptors (Lipinski definition) is 6. The normalized spacial score (nSPS) is 13.9. The molecule has 3 aromatic rings. The van der Waals surface area contributed by atoms with Crippen molar-refractivity contribution in [2.45, 2.75) is 25.7 Å². The highest BCUT2D eigenvalue weighted by Crippen LogP contribution is 2.40. The first-order valence-corrected chi connectivity index (χ1v) is 10.5. The molecular weight excluding hydrogens is 451 g/mol. The van der Waals surface area contributed by atoms with Gasteiger partial charge in [0.25, 0.3) is 5.56 Å². The second-order valence-electron chi connectivity index (χ2n) is 7.87. The zero-order valence-corrected chi connectivity index (χ0v) is 19.0.